The van der Waals surface area contributed by atoms with Crippen LogP contribution in [-0.4, -0.2) is 49.2 Å². The molecule has 2 amide bonds. The third kappa shape index (κ3) is 3.67. The van der Waals surface area contributed by atoms with E-state index in [1.54, 1.807) is 23.1 Å². The molecule has 2 aliphatic rings. The second-order valence-electron chi connectivity index (χ2n) is 6.22. The van der Waals surface area contributed by atoms with E-state index in [2.05, 4.69) is 5.32 Å². The van der Waals surface area contributed by atoms with Crippen LogP contribution in [0.15, 0.2) is 18.2 Å². The van der Waals surface area contributed by atoms with Crippen molar-refractivity contribution in [2.75, 3.05) is 31.2 Å². The fourth-order valence-corrected chi connectivity index (χ4v) is 2.82. The third-order valence-corrected chi connectivity index (χ3v) is 4.34. The Bertz CT molecular complexity index is 704. The number of carboxylic acids is 1. The molecule has 8 nitrogen and oxygen atoms in total. The predicted octanol–water partition coefficient (Wildman–Crippen LogP) is 0.648. The Hall–Kier alpha value is -2.77. The van der Waals surface area contributed by atoms with Gasteiger partial charge in [-0.3, -0.25) is 14.4 Å². The van der Waals surface area contributed by atoms with Gasteiger partial charge in [0.2, 0.25) is 11.8 Å². The Kier molecular flexibility index (Phi) is 4.78. The number of rotatable bonds is 5. The SMILES string of the molecule is CC(CNC(=O)C1CC(=O)N(c2ccc3c(c2)OCCO3)C1)C(=O)O. The van der Waals surface area contributed by atoms with E-state index in [0.717, 1.165) is 0 Å². The average molecular weight is 348 g/mol. The first-order valence-electron chi connectivity index (χ1n) is 8.16. The molecule has 2 atom stereocenters. The monoisotopic (exact) mass is 348 g/mol. The normalized spacial score (nSPS) is 20.3. The molecule has 0 saturated carbocycles. The molecule has 0 aliphatic carbocycles. The molecule has 0 spiro atoms. The number of fused-ring (bicyclic) bond motifs is 1. The van der Waals surface area contributed by atoms with Crippen molar-refractivity contribution in [1.29, 1.82) is 0 Å². The summed E-state index contributed by atoms with van der Waals surface area (Å²) in [6.45, 7) is 2.77. The summed E-state index contributed by atoms with van der Waals surface area (Å²) in [7, 11) is 0. The molecular weight excluding hydrogens is 328 g/mol. The maximum Gasteiger partial charge on any atom is 0.308 e. The topological polar surface area (TPSA) is 105 Å². The van der Waals surface area contributed by atoms with Crippen molar-refractivity contribution < 1.29 is 29.0 Å². The number of amides is 2. The van der Waals surface area contributed by atoms with Gasteiger partial charge in [0.25, 0.3) is 0 Å². The highest BCUT2D eigenvalue weighted by Crippen LogP contribution is 2.35. The Labute approximate surface area is 144 Å². The first-order chi connectivity index (χ1) is 12.0. The number of nitrogens with one attached hydrogen (secondary N) is 1. The quantitative estimate of drug-likeness (QED) is 0.809. The van der Waals surface area contributed by atoms with Gasteiger partial charge in [-0.2, -0.15) is 0 Å². The van der Waals surface area contributed by atoms with Crippen LogP contribution in [0.3, 0.4) is 0 Å². The van der Waals surface area contributed by atoms with Crippen LogP contribution in [0.25, 0.3) is 0 Å². The molecule has 1 fully saturated rings. The number of carbonyl (C=O) groups is 3. The number of benzene rings is 1. The molecular formula is C17H20N2O6. The highest BCUT2D eigenvalue weighted by Gasteiger charge is 2.35. The molecule has 2 heterocycles. The van der Waals surface area contributed by atoms with Crippen molar-refractivity contribution in [2.45, 2.75) is 13.3 Å². The van der Waals surface area contributed by atoms with Crippen LogP contribution in [0.1, 0.15) is 13.3 Å². The van der Waals surface area contributed by atoms with E-state index in [9.17, 15) is 14.4 Å². The summed E-state index contributed by atoms with van der Waals surface area (Å²) in [6, 6.07) is 5.25. The maximum atomic E-state index is 12.3. The van der Waals surface area contributed by atoms with Crippen LogP contribution in [0.2, 0.25) is 0 Å². The number of nitrogens with zero attached hydrogens (tertiary/aromatic N) is 1. The number of carbonyl (C=O) groups excluding carboxylic acids is 2. The lowest BCUT2D eigenvalue weighted by atomic mass is 10.1. The summed E-state index contributed by atoms with van der Waals surface area (Å²) in [4.78, 5) is 36.8. The van der Waals surface area contributed by atoms with E-state index in [1.165, 1.54) is 6.92 Å². The van der Waals surface area contributed by atoms with Crippen LogP contribution in [0, 0.1) is 11.8 Å². The molecule has 8 heteroatoms. The molecule has 1 aromatic rings. The standard InChI is InChI=1S/C17H20N2O6/c1-10(17(22)23)8-18-16(21)11-6-15(20)19(9-11)12-2-3-13-14(7-12)25-5-4-24-13/h2-3,7,10-11H,4-6,8-9H2,1H3,(H,18,21)(H,22,23). The van der Waals surface area contributed by atoms with E-state index in [4.69, 9.17) is 14.6 Å². The molecule has 134 valence electrons. The minimum atomic E-state index is -0.972. The highest BCUT2D eigenvalue weighted by molar-refractivity contribution is 6.00. The van der Waals surface area contributed by atoms with Crippen molar-refractivity contribution in [3.8, 4) is 11.5 Å². The van der Waals surface area contributed by atoms with Gasteiger partial charge in [0.15, 0.2) is 11.5 Å². The van der Waals surface area contributed by atoms with Gasteiger partial charge in [-0.1, -0.05) is 6.92 Å². The second-order valence-corrected chi connectivity index (χ2v) is 6.22. The summed E-state index contributed by atoms with van der Waals surface area (Å²) < 4.78 is 11.0. The maximum absolute atomic E-state index is 12.3. The zero-order valence-corrected chi connectivity index (χ0v) is 13.9. The molecule has 0 bridgehead atoms. The Morgan fingerprint density at radius 3 is 2.76 bits per heavy atom. The summed E-state index contributed by atoms with van der Waals surface area (Å²) >= 11 is 0. The minimum absolute atomic E-state index is 0.0445. The van der Waals surface area contributed by atoms with Crippen molar-refractivity contribution in [3.63, 3.8) is 0 Å². The van der Waals surface area contributed by atoms with E-state index in [1.807, 2.05) is 0 Å². The molecule has 25 heavy (non-hydrogen) atoms. The smallest absolute Gasteiger partial charge is 0.308 e. The zero-order valence-electron chi connectivity index (χ0n) is 13.9. The van der Waals surface area contributed by atoms with E-state index >= 15 is 0 Å². The van der Waals surface area contributed by atoms with E-state index in [-0.39, 0.29) is 31.3 Å². The van der Waals surface area contributed by atoms with Crippen molar-refractivity contribution in [1.82, 2.24) is 5.32 Å². The number of carboxylic acid groups (broad SMARTS) is 1. The van der Waals surface area contributed by atoms with Crippen LogP contribution in [-0.2, 0) is 14.4 Å². The summed E-state index contributed by atoms with van der Waals surface area (Å²) in [6.07, 6.45) is 0.0989. The van der Waals surface area contributed by atoms with Crippen molar-refractivity contribution in [3.05, 3.63) is 18.2 Å². The van der Waals surface area contributed by atoms with Crippen molar-refractivity contribution >= 4 is 23.5 Å². The van der Waals surface area contributed by atoms with Crippen LogP contribution >= 0.6 is 0 Å². The van der Waals surface area contributed by atoms with Crippen molar-refractivity contribution in [2.24, 2.45) is 11.8 Å². The molecule has 0 aromatic heterocycles. The molecule has 1 aromatic carbocycles. The number of hydrogen-bond acceptors (Lipinski definition) is 5. The van der Waals surface area contributed by atoms with Gasteiger partial charge in [0.1, 0.15) is 13.2 Å². The number of aliphatic carboxylic acids is 1. The lowest BCUT2D eigenvalue weighted by molar-refractivity contribution is -0.141. The molecule has 2 unspecified atom stereocenters. The minimum Gasteiger partial charge on any atom is -0.486 e. The molecule has 2 N–H and O–H groups in total. The fraction of sp³-hybridized carbons (Fsp3) is 0.471. The first kappa shape index (κ1) is 17.1. The number of hydrogen-bond donors (Lipinski definition) is 2. The van der Waals surface area contributed by atoms with Gasteiger partial charge < -0.3 is 24.8 Å². The lowest BCUT2D eigenvalue weighted by Crippen LogP contribution is -2.37. The molecule has 2 aliphatic heterocycles. The Morgan fingerprint density at radius 1 is 1.32 bits per heavy atom. The van der Waals surface area contributed by atoms with Crippen LogP contribution < -0.4 is 19.7 Å². The van der Waals surface area contributed by atoms with E-state index < -0.39 is 17.8 Å². The van der Waals surface area contributed by atoms with E-state index in [0.29, 0.717) is 30.4 Å². The summed E-state index contributed by atoms with van der Waals surface area (Å²) in [5.41, 5.74) is 0.656. The van der Waals surface area contributed by atoms with Gasteiger partial charge in [0, 0.05) is 31.3 Å². The summed E-state index contributed by atoms with van der Waals surface area (Å²) in [5.74, 6) is -1.37. The Balaban J connectivity index is 1.64. The Morgan fingerprint density at radius 2 is 2.04 bits per heavy atom. The fourth-order valence-electron chi connectivity index (χ4n) is 2.82. The highest BCUT2D eigenvalue weighted by atomic mass is 16.6. The van der Waals surface area contributed by atoms with Crippen LogP contribution in [0.4, 0.5) is 5.69 Å². The zero-order chi connectivity index (χ0) is 18.0. The molecule has 3 rings (SSSR count). The number of anilines is 1. The van der Waals surface area contributed by atoms with Gasteiger partial charge in [0.05, 0.1) is 11.8 Å². The van der Waals surface area contributed by atoms with Crippen LogP contribution in [0.5, 0.6) is 11.5 Å². The van der Waals surface area contributed by atoms with Gasteiger partial charge in [-0.25, -0.2) is 0 Å². The first-order valence-corrected chi connectivity index (χ1v) is 8.16. The van der Waals surface area contributed by atoms with Gasteiger partial charge in [-0.15, -0.1) is 0 Å². The predicted molar refractivity (Wildman–Crippen MR) is 87.7 cm³/mol. The second kappa shape index (κ2) is 7.00. The lowest BCUT2D eigenvalue weighted by Gasteiger charge is -2.22. The molecule has 1 saturated heterocycles. The molecule has 0 radical (unpaired) electrons. The van der Waals surface area contributed by atoms with Gasteiger partial charge in [-0.05, 0) is 12.1 Å². The summed E-state index contributed by atoms with van der Waals surface area (Å²) in [5, 5.41) is 11.5. The average Bonchev–Trinajstić information content (AvgIpc) is 3.00. The third-order valence-electron chi connectivity index (χ3n) is 4.34. The number of ether oxygens (including phenoxy) is 2. The van der Waals surface area contributed by atoms with Gasteiger partial charge >= 0.3 is 5.97 Å². The largest absolute Gasteiger partial charge is 0.486 e.